The maximum absolute atomic E-state index is 6.41. The van der Waals surface area contributed by atoms with Gasteiger partial charge in [-0.15, -0.1) is 0 Å². The van der Waals surface area contributed by atoms with Crippen LogP contribution in [0.1, 0.15) is 44.7 Å². The molecule has 3 nitrogen and oxygen atoms in total. The van der Waals surface area contributed by atoms with Crippen molar-refractivity contribution >= 4 is 0 Å². The number of nitrogens with zero attached hydrogens (tertiary/aromatic N) is 1. The Balaban J connectivity index is 2.09. The molecule has 0 aliphatic carbocycles. The van der Waals surface area contributed by atoms with E-state index in [0.717, 1.165) is 17.9 Å². The molecule has 3 heteroatoms. The maximum atomic E-state index is 6.41. The first kappa shape index (κ1) is 14.4. The molecule has 1 fully saturated rings. The second kappa shape index (κ2) is 6.40. The quantitative estimate of drug-likeness (QED) is 0.906. The Bertz CT molecular complexity index is 397. The third-order valence-electron chi connectivity index (χ3n) is 4.32. The predicted octanol–water partition coefficient (Wildman–Crippen LogP) is 2.96. The summed E-state index contributed by atoms with van der Waals surface area (Å²) in [6, 6.07) is 9.34. The first-order valence-electron chi connectivity index (χ1n) is 7.27. The minimum Gasteiger partial charge on any atom is -0.496 e. The molecule has 0 saturated carbocycles. The standard InChI is InChI=1S/C16H26N2O/c1-12-7-6-8-13(2)18(12)11-15(17)14-9-4-5-10-16(14)19-3/h4-5,9-10,12-13,15H,6-8,11,17H2,1-3H3. The van der Waals surface area contributed by atoms with Gasteiger partial charge in [0, 0.05) is 30.2 Å². The Labute approximate surface area is 116 Å². The minimum absolute atomic E-state index is 0.0131. The van der Waals surface area contributed by atoms with E-state index in [0.29, 0.717) is 12.1 Å². The number of hydrogen-bond acceptors (Lipinski definition) is 3. The van der Waals surface area contributed by atoms with E-state index in [9.17, 15) is 0 Å². The number of hydrogen-bond donors (Lipinski definition) is 1. The van der Waals surface area contributed by atoms with Crippen molar-refractivity contribution < 1.29 is 4.74 Å². The van der Waals surface area contributed by atoms with E-state index >= 15 is 0 Å². The molecule has 3 atom stereocenters. The summed E-state index contributed by atoms with van der Waals surface area (Å²) in [5.74, 6) is 0.896. The molecule has 1 aliphatic heterocycles. The van der Waals surface area contributed by atoms with Crippen LogP contribution in [0.3, 0.4) is 0 Å². The number of likely N-dealkylation sites (tertiary alicyclic amines) is 1. The smallest absolute Gasteiger partial charge is 0.123 e. The largest absolute Gasteiger partial charge is 0.496 e. The van der Waals surface area contributed by atoms with Crippen molar-refractivity contribution in [2.24, 2.45) is 5.73 Å². The van der Waals surface area contributed by atoms with Gasteiger partial charge in [-0.2, -0.15) is 0 Å². The van der Waals surface area contributed by atoms with E-state index in [-0.39, 0.29) is 6.04 Å². The Hall–Kier alpha value is -1.06. The third kappa shape index (κ3) is 3.28. The normalized spacial score (nSPS) is 26.1. The van der Waals surface area contributed by atoms with Gasteiger partial charge in [0.2, 0.25) is 0 Å². The Kier molecular flexibility index (Phi) is 4.83. The van der Waals surface area contributed by atoms with Crippen LogP contribution in [0, 0.1) is 0 Å². The fraction of sp³-hybridized carbons (Fsp3) is 0.625. The van der Waals surface area contributed by atoms with Crippen LogP contribution >= 0.6 is 0 Å². The minimum atomic E-state index is 0.0131. The van der Waals surface area contributed by atoms with Crippen LogP contribution in [-0.4, -0.2) is 30.6 Å². The van der Waals surface area contributed by atoms with Crippen LogP contribution < -0.4 is 10.5 Å². The van der Waals surface area contributed by atoms with Crippen molar-refractivity contribution in [1.29, 1.82) is 0 Å². The van der Waals surface area contributed by atoms with Crippen LogP contribution in [0.5, 0.6) is 5.75 Å². The fourth-order valence-electron chi connectivity index (χ4n) is 3.13. The molecular weight excluding hydrogens is 236 g/mol. The van der Waals surface area contributed by atoms with Crippen LogP contribution in [0.4, 0.5) is 0 Å². The van der Waals surface area contributed by atoms with Crippen molar-refractivity contribution in [3.63, 3.8) is 0 Å². The maximum Gasteiger partial charge on any atom is 0.123 e. The number of nitrogens with two attached hydrogens (primary N) is 1. The van der Waals surface area contributed by atoms with E-state index in [1.807, 2.05) is 18.2 Å². The van der Waals surface area contributed by atoms with E-state index < -0.39 is 0 Å². The van der Waals surface area contributed by atoms with E-state index in [1.165, 1.54) is 19.3 Å². The van der Waals surface area contributed by atoms with Crippen molar-refractivity contribution in [2.45, 2.75) is 51.2 Å². The van der Waals surface area contributed by atoms with Gasteiger partial charge < -0.3 is 10.5 Å². The lowest BCUT2D eigenvalue weighted by Gasteiger charge is -2.40. The highest BCUT2D eigenvalue weighted by Crippen LogP contribution is 2.28. The topological polar surface area (TPSA) is 38.5 Å². The zero-order chi connectivity index (χ0) is 13.8. The van der Waals surface area contributed by atoms with Gasteiger partial charge in [0.15, 0.2) is 0 Å². The summed E-state index contributed by atoms with van der Waals surface area (Å²) in [5.41, 5.74) is 7.51. The Morgan fingerprint density at radius 1 is 1.26 bits per heavy atom. The number of benzene rings is 1. The molecular formula is C16H26N2O. The summed E-state index contributed by atoms with van der Waals surface area (Å²) >= 11 is 0. The molecule has 3 unspecified atom stereocenters. The van der Waals surface area contributed by atoms with Gasteiger partial charge in [-0.3, -0.25) is 4.90 Å². The lowest BCUT2D eigenvalue weighted by Crippen LogP contribution is -2.46. The van der Waals surface area contributed by atoms with Crippen LogP contribution in [0.2, 0.25) is 0 Å². The Morgan fingerprint density at radius 3 is 2.53 bits per heavy atom. The summed E-state index contributed by atoms with van der Waals surface area (Å²) in [5, 5.41) is 0. The predicted molar refractivity (Wildman–Crippen MR) is 79.4 cm³/mol. The second-order valence-electron chi connectivity index (χ2n) is 5.67. The number of ether oxygens (including phenoxy) is 1. The molecule has 19 heavy (non-hydrogen) atoms. The number of rotatable bonds is 4. The molecule has 1 saturated heterocycles. The zero-order valence-corrected chi connectivity index (χ0v) is 12.3. The molecule has 2 N–H and O–H groups in total. The lowest BCUT2D eigenvalue weighted by atomic mass is 9.95. The number of methoxy groups -OCH3 is 1. The first-order valence-corrected chi connectivity index (χ1v) is 7.27. The average molecular weight is 262 g/mol. The lowest BCUT2D eigenvalue weighted by molar-refractivity contribution is 0.0958. The molecule has 1 heterocycles. The summed E-state index contributed by atoms with van der Waals surface area (Å²) in [6.45, 7) is 5.53. The highest BCUT2D eigenvalue weighted by atomic mass is 16.5. The summed E-state index contributed by atoms with van der Waals surface area (Å²) < 4.78 is 5.41. The van der Waals surface area contributed by atoms with Gasteiger partial charge in [0.25, 0.3) is 0 Å². The Morgan fingerprint density at radius 2 is 1.89 bits per heavy atom. The average Bonchev–Trinajstić information content (AvgIpc) is 2.42. The van der Waals surface area contributed by atoms with Crippen molar-refractivity contribution in [2.75, 3.05) is 13.7 Å². The molecule has 1 aliphatic rings. The third-order valence-corrected chi connectivity index (χ3v) is 4.32. The van der Waals surface area contributed by atoms with Gasteiger partial charge in [0.1, 0.15) is 5.75 Å². The molecule has 0 aromatic heterocycles. The van der Waals surface area contributed by atoms with Gasteiger partial charge in [0.05, 0.1) is 7.11 Å². The fourth-order valence-corrected chi connectivity index (χ4v) is 3.13. The van der Waals surface area contributed by atoms with Gasteiger partial charge in [-0.25, -0.2) is 0 Å². The second-order valence-corrected chi connectivity index (χ2v) is 5.67. The molecule has 1 aromatic carbocycles. The highest BCUT2D eigenvalue weighted by molar-refractivity contribution is 5.35. The molecule has 2 rings (SSSR count). The molecule has 0 radical (unpaired) electrons. The number of piperidine rings is 1. The summed E-state index contributed by atoms with van der Waals surface area (Å²) in [4.78, 5) is 2.54. The first-order chi connectivity index (χ1) is 9.13. The van der Waals surface area contributed by atoms with Crippen molar-refractivity contribution in [1.82, 2.24) is 4.90 Å². The van der Waals surface area contributed by atoms with Gasteiger partial charge in [-0.05, 0) is 32.8 Å². The molecule has 0 amide bonds. The molecule has 0 bridgehead atoms. The van der Waals surface area contributed by atoms with Crippen LogP contribution in [0.15, 0.2) is 24.3 Å². The zero-order valence-electron chi connectivity index (χ0n) is 12.3. The van der Waals surface area contributed by atoms with E-state index in [4.69, 9.17) is 10.5 Å². The van der Waals surface area contributed by atoms with Gasteiger partial charge in [-0.1, -0.05) is 24.6 Å². The van der Waals surface area contributed by atoms with Crippen LogP contribution in [0.25, 0.3) is 0 Å². The van der Waals surface area contributed by atoms with Crippen molar-refractivity contribution in [3.05, 3.63) is 29.8 Å². The van der Waals surface area contributed by atoms with Crippen LogP contribution in [-0.2, 0) is 0 Å². The van der Waals surface area contributed by atoms with E-state index in [2.05, 4.69) is 24.8 Å². The molecule has 1 aromatic rings. The van der Waals surface area contributed by atoms with E-state index in [1.54, 1.807) is 7.11 Å². The monoisotopic (exact) mass is 262 g/mol. The number of para-hydroxylation sites is 1. The van der Waals surface area contributed by atoms with Crippen molar-refractivity contribution in [3.8, 4) is 5.75 Å². The summed E-state index contributed by atoms with van der Waals surface area (Å²) in [6.07, 6.45) is 3.90. The molecule has 106 valence electrons. The highest BCUT2D eigenvalue weighted by Gasteiger charge is 2.27. The SMILES string of the molecule is COc1ccccc1C(N)CN1C(C)CCCC1C. The molecule has 0 spiro atoms. The van der Waals surface area contributed by atoms with Gasteiger partial charge >= 0.3 is 0 Å². The summed E-state index contributed by atoms with van der Waals surface area (Å²) in [7, 11) is 1.71.